The van der Waals surface area contributed by atoms with Crippen molar-refractivity contribution in [2.75, 3.05) is 20.2 Å². The van der Waals surface area contributed by atoms with Crippen molar-refractivity contribution in [2.24, 2.45) is 0 Å². The molecule has 6 nitrogen and oxygen atoms in total. The van der Waals surface area contributed by atoms with Gasteiger partial charge in [0.1, 0.15) is 17.2 Å². The number of nitrogens with zero attached hydrogens (tertiary/aromatic N) is 1. The Hall–Kier alpha value is -4.42. The van der Waals surface area contributed by atoms with Crippen LogP contribution in [0.5, 0.6) is 17.2 Å². The quantitative estimate of drug-likeness (QED) is 0.0651. The number of unbranched alkanes of at least 4 members (excludes halogenated alkanes) is 4. The second-order valence-electron chi connectivity index (χ2n) is 11.0. The van der Waals surface area contributed by atoms with Crippen LogP contribution in [0, 0.1) is 0 Å². The first-order valence-electron chi connectivity index (χ1n) is 15.2. The molecule has 0 N–H and O–H groups in total. The number of rotatable bonds is 14. The number of ketones is 1. The number of hydrogen-bond acceptors (Lipinski definition) is 6. The Morgan fingerprint density at radius 3 is 2.51 bits per heavy atom. The van der Waals surface area contributed by atoms with Gasteiger partial charge >= 0.3 is 5.97 Å². The van der Waals surface area contributed by atoms with Crippen molar-refractivity contribution in [3.8, 4) is 17.2 Å². The van der Waals surface area contributed by atoms with Gasteiger partial charge in [0, 0.05) is 19.0 Å². The van der Waals surface area contributed by atoms with Crippen LogP contribution >= 0.6 is 0 Å². The van der Waals surface area contributed by atoms with Gasteiger partial charge in [-0.05, 0) is 84.7 Å². The number of Topliss-reactive ketones (excluding diaryl/α,β-unsaturated/α-hetero) is 1. The molecule has 1 aliphatic heterocycles. The molecule has 222 valence electrons. The first kappa shape index (κ1) is 30.1. The van der Waals surface area contributed by atoms with Crippen molar-refractivity contribution < 1.29 is 23.8 Å². The van der Waals surface area contributed by atoms with E-state index in [9.17, 15) is 9.59 Å². The van der Waals surface area contributed by atoms with Gasteiger partial charge in [-0.25, -0.2) is 0 Å². The smallest absolute Gasteiger partial charge is 0.310 e. The first-order valence-corrected chi connectivity index (χ1v) is 15.2. The second-order valence-corrected chi connectivity index (χ2v) is 11.0. The predicted octanol–water partition coefficient (Wildman–Crippen LogP) is 8.23. The molecule has 1 aliphatic rings. The molecule has 0 fully saturated rings. The zero-order valence-electron chi connectivity index (χ0n) is 25.0. The molecule has 0 radical (unpaired) electrons. The highest BCUT2D eigenvalue weighted by Crippen LogP contribution is 2.35. The van der Waals surface area contributed by atoms with Gasteiger partial charge in [-0.3, -0.25) is 9.59 Å². The van der Waals surface area contributed by atoms with Crippen molar-refractivity contribution in [3.63, 3.8) is 0 Å². The lowest BCUT2D eigenvalue weighted by molar-refractivity contribution is -0.134. The molecule has 0 aromatic heterocycles. The van der Waals surface area contributed by atoms with E-state index in [4.69, 9.17) is 14.2 Å². The maximum Gasteiger partial charge on any atom is 0.310 e. The Bertz CT molecular complexity index is 1610. The summed E-state index contributed by atoms with van der Waals surface area (Å²) in [4.78, 5) is 26.7. The Morgan fingerprint density at radius 1 is 0.837 bits per heavy atom. The fraction of sp³-hybridized carbons (Fsp3) is 0.297. The number of allylic oxidation sites excluding steroid dienone is 1. The van der Waals surface area contributed by atoms with Gasteiger partial charge in [-0.1, -0.05) is 74.7 Å². The van der Waals surface area contributed by atoms with Crippen molar-refractivity contribution in [1.29, 1.82) is 0 Å². The lowest BCUT2D eigenvalue weighted by Gasteiger charge is -2.17. The molecular formula is C37H39NO5. The minimum Gasteiger partial charge on any atom is -0.493 e. The molecule has 5 rings (SSSR count). The van der Waals surface area contributed by atoms with E-state index in [0.29, 0.717) is 41.6 Å². The van der Waals surface area contributed by atoms with Crippen molar-refractivity contribution >= 4 is 28.6 Å². The molecule has 0 saturated carbocycles. The lowest BCUT2D eigenvalue weighted by Crippen LogP contribution is -2.19. The van der Waals surface area contributed by atoms with Crippen LogP contribution in [-0.4, -0.2) is 36.9 Å². The van der Waals surface area contributed by atoms with Gasteiger partial charge in [-0.2, -0.15) is 0 Å². The fourth-order valence-corrected chi connectivity index (χ4v) is 5.21. The van der Waals surface area contributed by atoms with Crippen LogP contribution in [0.3, 0.4) is 0 Å². The highest BCUT2D eigenvalue weighted by atomic mass is 16.5. The van der Waals surface area contributed by atoms with Crippen LogP contribution in [0.1, 0.15) is 66.9 Å². The van der Waals surface area contributed by atoms with Crippen LogP contribution in [0.25, 0.3) is 16.8 Å². The average Bonchev–Trinajstić information content (AvgIpc) is 3.32. The molecule has 0 amide bonds. The van der Waals surface area contributed by atoms with Gasteiger partial charge in [0.2, 0.25) is 5.78 Å². The lowest BCUT2D eigenvalue weighted by atomic mass is 10.1. The summed E-state index contributed by atoms with van der Waals surface area (Å²) in [6.07, 6.45) is 7.71. The average molecular weight is 578 g/mol. The van der Waals surface area contributed by atoms with Crippen LogP contribution in [0.4, 0.5) is 0 Å². The first-order chi connectivity index (χ1) is 21.0. The summed E-state index contributed by atoms with van der Waals surface area (Å²) < 4.78 is 17.2. The van der Waals surface area contributed by atoms with Crippen molar-refractivity contribution in [2.45, 2.75) is 52.0 Å². The third kappa shape index (κ3) is 8.33. The zero-order valence-corrected chi connectivity index (χ0v) is 25.0. The van der Waals surface area contributed by atoms with Crippen LogP contribution in [-0.2, 0) is 11.3 Å². The van der Waals surface area contributed by atoms with E-state index in [-0.39, 0.29) is 11.8 Å². The van der Waals surface area contributed by atoms with Crippen molar-refractivity contribution in [1.82, 2.24) is 4.90 Å². The zero-order chi connectivity index (χ0) is 30.0. The molecule has 0 bridgehead atoms. The number of carbonyl (C=O) groups is 2. The second kappa shape index (κ2) is 14.7. The Labute approximate surface area is 253 Å². The van der Waals surface area contributed by atoms with Gasteiger partial charge in [0.15, 0.2) is 5.76 Å². The summed E-state index contributed by atoms with van der Waals surface area (Å²) in [7, 11) is 2.12. The minimum absolute atomic E-state index is 0.105. The Balaban J connectivity index is 0.992. The van der Waals surface area contributed by atoms with Crippen LogP contribution in [0.15, 0.2) is 90.7 Å². The molecule has 0 spiro atoms. The number of esters is 1. The third-order valence-corrected chi connectivity index (χ3v) is 7.54. The summed E-state index contributed by atoms with van der Waals surface area (Å²) >= 11 is 0. The number of hydrogen-bond donors (Lipinski definition) is 0. The SMILES string of the molecule is CCC(=O)Oc1cccc(CN(C)CCCCCCCOc2ccc3c(c2)O/C(=C\c2ccc4ccccc4c2)C3=O)c1. The predicted molar refractivity (Wildman–Crippen MR) is 171 cm³/mol. The molecule has 43 heavy (non-hydrogen) atoms. The summed E-state index contributed by atoms with van der Waals surface area (Å²) in [5, 5.41) is 2.28. The summed E-state index contributed by atoms with van der Waals surface area (Å²) in [5.74, 6) is 1.89. The monoisotopic (exact) mass is 577 g/mol. The van der Waals surface area contributed by atoms with E-state index in [1.165, 1.54) is 6.42 Å². The Kier molecular flexibility index (Phi) is 10.2. The number of benzene rings is 4. The molecule has 1 heterocycles. The minimum atomic E-state index is -0.215. The summed E-state index contributed by atoms with van der Waals surface area (Å²) in [5.41, 5.74) is 2.64. The van der Waals surface area contributed by atoms with Gasteiger partial charge in [0.25, 0.3) is 0 Å². The molecule has 4 aromatic rings. The van der Waals surface area contributed by atoms with Gasteiger partial charge < -0.3 is 19.1 Å². The molecule has 6 heteroatoms. The molecule has 0 unspecified atom stereocenters. The largest absolute Gasteiger partial charge is 0.493 e. The highest BCUT2D eigenvalue weighted by Gasteiger charge is 2.27. The summed E-state index contributed by atoms with van der Waals surface area (Å²) in [6.45, 7) is 4.26. The molecular weight excluding hydrogens is 538 g/mol. The summed E-state index contributed by atoms with van der Waals surface area (Å²) in [6, 6.07) is 27.5. The maximum absolute atomic E-state index is 12.9. The van der Waals surface area contributed by atoms with Gasteiger partial charge in [0.05, 0.1) is 12.2 Å². The fourth-order valence-electron chi connectivity index (χ4n) is 5.21. The van der Waals surface area contributed by atoms with E-state index in [1.54, 1.807) is 19.1 Å². The van der Waals surface area contributed by atoms with E-state index in [1.807, 2.05) is 48.5 Å². The van der Waals surface area contributed by atoms with Crippen LogP contribution < -0.4 is 14.2 Å². The highest BCUT2D eigenvalue weighted by molar-refractivity contribution is 6.14. The van der Waals surface area contributed by atoms with E-state index in [0.717, 1.165) is 60.7 Å². The topological polar surface area (TPSA) is 65.1 Å². The van der Waals surface area contributed by atoms with Gasteiger partial charge in [-0.15, -0.1) is 0 Å². The van der Waals surface area contributed by atoms with Crippen LogP contribution in [0.2, 0.25) is 0 Å². The molecule has 0 aliphatic carbocycles. The number of carbonyl (C=O) groups excluding carboxylic acids is 2. The molecule has 0 saturated heterocycles. The normalized spacial score (nSPS) is 13.4. The molecule has 0 atom stereocenters. The van der Waals surface area contributed by atoms with E-state index in [2.05, 4.69) is 42.3 Å². The third-order valence-electron chi connectivity index (χ3n) is 7.54. The number of ether oxygens (including phenoxy) is 3. The molecule has 4 aromatic carbocycles. The van der Waals surface area contributed by atoms with E-state index < -0.39 is 0 Å². The Morgan fingerprint density at radius 2 is 1.65 bits per heavy atom. The number of fused-ring (bicyclic) bond motifs is 2. The maximum atomic E-state index is 12.9. The van der Waals surface area contributed by atoms with E-state index >= 15 is 0 Å². The standard InChI is InChI=1S/C37H39NO5/c1-3-36(39)42-32-15-11-12-28(23-32)26-38(2)20-9-5-4-6-10-21-41-31-18-19-33-34(25-31)43-35(37(33)40)24-27-16-17-29-13-7-8-14-30(29)22-27/h7-8,11-19,22-25H,3-6,9-10,20-21,26H2,1-2H3/b35-24-. The van der Waals surface area contributed by atoms with Crippen molar-refractivity contribution in [3.05, 3.63) is 107 Å².